The number of fused-ring (bicyclic) bond motifs is 3. The summed E-state index contributed by atoms with van der Waals surface area (Å²) < 4.78 is 40.5. The Morgan fingerprint density at radius 2 is 1.76 bits per heavy atom. The summed E-state index contributed by atoms with van der Waals surface area (Å²) in [5, 5.41) is 6.84. The minimum absolute atomic E-state index is 0.0760. The van der Waals surface area contributed by atoms with E-state index in [1.807, 2.05) is 4.90 Å². The quantitative estimate of drug-likeness (QED) is 0.737. The number of piperidine rings is 1. The van der Waals surface area contributed by atoms with E-state index in [2.05, 4.69) is 20.6 Å². The standard InChI is InChI=1S/C24H28F3N5O/c25-24(26,27)17-1-2-19(21-20(17)29-5-6-30-21)32-12-18(23(13-32)3-4-23)22(33)31-16-8-14-7-15(9-16)11-28-10-14/h1-2,5-6,14-16,18,28H,3-4,7-13H2,(H,31,33). The molecule has 2 saturated carbocycles. The highest BCUT2D eigenvalue weighted by Gasteiger charge is 2.58. The second-order valence-electron chi connectivity index (χ2n) is 10.5. The van der Waals surface area contributed by atoms with Crippen LogP contribution in [0.15, 0.2) is 24.5 Å². The molecule has 1 amide bonds. The topological polar surface area (TPSA) is 70.2 Å². The summed E-state index contributed by atoms with van der Waals surface area (Å²) in [7, 11) is 0. The largest absolute Gasteiger partial charge is 0.418 e. The second kappa shape index (κ2) is 7.55. The Labute approximate surface area is 190 Å². The Balaban J connectivity index is 1.24. The van der Waals surface area contributed by atoms with E-state index in [9.17, 15) is 18.0 Å². The van der Waals surface area contributed by atoms with E-state index in [-0.39, 0.29) is 34.3 Å². The van der Waals surface area contributed by atoms with Gasteiger partial charge in [-0.3, -0.25) is 14.8 Å². The number of aromatic nitrogens is 2. The van der Waals surface area contributed by atoms with Crippen molar-refractivity contribution >= 4 is 22.6 Å². The predicted molar refractivity (Wildman–Crippen MR) is 118 cm³/mol. The van der Waals surface area contributed by atoms with Gasteiger partial charge in [-0.15, -0.1) is 0 Å². The van der Waals surface area contributed by atoms with Crippen LogP contribution in [0.2, 0.25) is 0 Å². The number of anilines is 1. The molecule has 4 fully saturated rings. The fourth-order valence-electron chi connectivity index (χ4n) is 6.52. The lowest BCUT2D eigenvalue weighted by Gasteiger charge is -2.40. The molecule has 33 heavy (non-hydrogen) atoms. The molecule has 3 atom stereocenters. The molecular weight excluding hydrogens is 431 g/mol. The minimum atomic E-state index is -4.49. The van der Waals surface area contributed by atoms with Crippen molar-refractivity contribution < 1.29 is 18.0 Å². The van der Waals surface area contributed by atoms with Gasteiger partial charge in [-0.25, -0.2) is 0 Å². The van der Waals surface area contributed by atoms with Crippen molar-refractivity contribution in [1.29, 1.82) is 0 Å². The fraction of sp³-hybridized carbons (Fsp3) is 0.625. The van der Waals surface area contributed by atoms with Crippen molar-refractivity contribution in [2.75, 3.05) is 31.1 Å². The molecule has 176 valence electrons. The van der Waals surface area contributed by atoms with Crippen molar-refractivity contribution in [1.82, 2.24) is 20.6 Å². The fourth-order valence-corrected chi connectivity index (χ4v) is 6.52. The molecule has 1 aromatic carbocycles. The Morgan fingerprint density at radius 3 is 2.42 bits per heavy atom. The summed E-state index contributed by atoms with van der Waals surface area (Å²) in [5.41, 5.74) is -0.111. The van der Waals surface area contributed by atoms with Crippen LogP contribution >= 0.6 is 0 Å². The van der Waals surface area contributed by atoms with Crippen LogP contribution in [0.5, 0.6) is 0 Å². The van der Waals surface area contributed by atoms with Gasteiger partial charge in [-0.05, 0) is 69.2 Å². The first-order valence-electron chi connectivity index (χ1n) is 11.9. The number of benzene rings is 1. The third-order valence-corrected chi connectivity index (χ3v) is 8.22. The molecule has 6 nitrogen and oxygen atoms in total. The average Bonchev–Trinajstić information content (AvgIpc) is 3.44. The van der Waals surface area contributed by atoms with Crippen LogP contribution in [0.1, 0.15) is 37.7 Å². The average molecular weight is 460 g/mol. The van der Waals surface area contributed by atoms with Gasteiger partial charge in [0.05, 0.1) is 17.2 Å². The summed E-state index contributed by atoms with van der Waals surface area (Å²) in [5.74, 6) is 1.23. The van der Waals surface area contributed by atoms with E-state index in [1.165, 1.54) is 24.9 Å². The predicted octanol–water partition coefficient (Wildman–Crippen LogP) is 3.37. The number of hydrogen-bond acceptors (Lipinski definition) is 5. The molecule has 2 aromatic rings. The van der Waals surface area contributed by atoms with Crippen LogP contribution < -0.4 is 15.5 Å². The molecule has 1 spiro atoms. The lowest BCUT2D eigenvalue weighted by atomic mass is 9.76. The first kappa shape index (κ1) is 21.1. The zero-order valence-corrected chi connectivity index (χ0v) is 18.4. The third-order valence-electron chi connectivity index (χ3n) is 8.22. The van der Waals surface area contributed by atoms with Crippen LogP contribution in [0, 0.1) is 23.2 Å². The molecule has 2 N–H and O–H groups in total. The van der Waals surface area contributed by atoms with Gasteiger partial charge in [0.1, 0.15) is 11.0 Å². The SMILES string of the molecule is O=C(NC1CC2CNCC(C2)C1)C1CN(c2ccc(C(F)(F)F)c3nccnc23)CC12CC2. The number of carbonyl (C=O) groups is 1. The molecule has 2 aliphatic carbocycles. The number of hydrogen-bond donors (Lipinski definition) is 2. The van der Waals surface area contributed by atoms with Gasteiger partial charge in [-0.2, -0.15) is 13.2 Å². The van der Waals surface area contributed by atoms with E-state index < -0.39 is 11.7 Å². The number of alkyl halides is 3. The van der Waals surface area contributed by atoms with Crippen LogP contribution in [0.4, 0.5) is 18.9 Å². The van der Waals surface area contributed by atoms with Crippen LogP contribution in [-0.4, -0.2) is 48.1 Å². The van der Waals surface area contributed by atoms with Crippen molar-refractivity contribution in [2.45, 2.75) is 44.3 Å². The molecule has 3 unspecified atom stereocenters. The molecule has 6 rings (SSSR count). The maximum atomic E-state index is 13.5. The number of amides is 1. The van der Waals surface area contributed by atoms with Gasteiger partial charge in [0.15, 0.2) is 0 Å². The molecule has 2 bridgehead atoms. The van der Waals surface area contributed by atoms with Crippen LogP contribution in [-0.2, 0) is 11.0 Å². The summed E-state index contributed by atoms with van der Waals surface area (Å²) in [6.07, 6.45) is 3.48. The van der Waals surface area contributed by atoms with Crippen molar-refractivity contribution in [2.24, 2.45) is 23.2 Å². The van der Waals surface area contributed by atoms with Gasteiger partial charge in [0.2, 0.25) is 5.91 Å². The lowest BCUT2D eigenvalue weighted by Crippen LogP contribution is -2.50. The molecule has 2 saturated heterocycles. The molecular formula is C24H28F3N5O. The summed E-state index contributed by atoms with van der Waals surface area (Å²) in [6.45, 7) is 3.24. The Kier molecular flexibility index (Phi) is 4.83. The first-order chi connectivity index (χ1) is 15.8. The highest BCUT2D eigenvalue weighted by Crippen LogP contribution is 2.57. The Morgan fingerprint density at radius 1 is 1.06 bits per heavy atom. The van der Waals surface area contributed by atoms with E-state index in [0.717, 1.165) is 44.8 Å². The molecule has 4 aliphatic rings. The zero-order chi connectivity index (χ0) is 22.8. The second-order valence-corrected chi connectivity index (χ2v) is 10.5. The van der Waals surface area contributed by atoms with Gasteiger partial charge >= 0.3 is 6.18 Å². The monoisotopic (exact) mass is 459 g/mol. The van der Waals surface area contributed by atoms with E-state index in [4.69, 9.17) is 0 Å². The minimum Gasteiger partial charge on any atom is -0.368 e. The van der Waals surface area contributed by atoms with Crippen molar-refractivity contribution in [3.63, 3.8) is 0 Å². The molecule has 9 heteroatoms. The van der Waals surface area contributed by atoms with Crippen LogP contribution in [0.3, 0.4) is 0 Å². The number of nitrogens with zero attached hydrogens (tertiary/aromatic N) is 3. The molecule has 3 heterocycles. The number of carbonyl (C=O) groups excluding carboxylic acids is 1. The van der Waals surface area contributed by atoms with Crippen LogP contribution in [0.25, 0.3) is 11.0 Å². The molecule has 0 radical (unpaired) electrons. The van der Waals surface area contributed by atoms with Gasteiger partial charge in [0, 0.05) is 36.9 Å². The highest BCUT2D eigenvalue weighted by molar-refractivity contribution is 5.92. The van der Waals surface area contributed by atoms with Crippen molar-refractivity contribution in [3.8, 4) is 0 Å². The smallest absolute Gasteiger partial charge is 0.368 e. The normalized spacial score (nSPS) is 30.6. The maximum absolute atomic E-state index is 13.5. The van der Waals surface area contributed by atoms with E-state index >= 15 is 0 Å². The third kappa shape index (κ3) is 3.74. The first-order valence-corrected chi connectivity index (χ1v) is 11.9. The zero-order valence-electron chi connectivity index (χ0n) is 18.4. The number of halogens is 3. The Bertz CT molecular complexity index is 1070. The Hall–Kier alpha value is -2.42. The maximum Gasteiger partial charge on any atom is 0.418 e. The summed E-state index contributed by atoms with van der Waals surface area (Å²) in [4.78, 5) is 23.7. The molecule has 2 aliphatic heterocycles. The molecule has 1 aromatic heterocycles. The number of rotatable bonds is 3. The summed E-state index contributed by atoms with van der Waals surface area (Å²) in [6, 6.07) is 2.81. The lowest BCUT2D eigenvalue weighted by molar-refractivity contribution is -0.136. The van der Waals surface area contributed by atoms with E-state index in [0.29, 0.717) is 30.6 Å². The van der Waals surface area contributed by atoms with E-state index in [1.54, 1.807) is 0 Å². The van der Waals surface area contributed by atoms with Gasteiger partial charge < -0.3 is 15.5 Å². The highest BCUT2D eigenvalue weighted by atomic mass is 19.4. The van der Waals surface area contributed by atoms with Gasteiger partial charge in [-0.1, -0.05) is 0 Å². The summed E-state index contributed by atoms with van der Waals surface area (Å²) >= 11 is 0. The van der Waals surface area contributed by atoms with Crippen molar-refractivity contribution in [3.05, 3.63) is 30.1 Å². The van der Waals surface area contributed by atoms with Gasteiger partial charge in [0.25, 0.3) is 0 Å². The number of nitrogens with one attached hydrogen (secondary N) is 2.